The first-order valence-corrected chi connectivity index (χ1v) is 8.62. The van der Waals surface area contributed by atoms with E-state index >= 15 is 0 Å². The Balaban J connectivity index is 1.68. The second-order valence-electron chi connectivity index (χ2n) is 6.65. The van der Waals surface area contributed by atoms with Gasteiger partial charge in [0.1, 0.15) is 5.56 Å². The van der Waals surface area contributed by atoms with Crippen molar-refractivity contribution in [3.8, 4) is 0 Å². The second kappa shape index (κ2) is 6.20. The van der Waals surface area contributed by atoms with E-state index in [1.165, 1.54) is 5.56 Å². The highest BCUT2D eigenvalue weighted by atomic mass is 16.2. The van der Waals surface area contributed by atoms with E-state index in [0.717, 1.165) is 36.0 Å². The number of aryl methyl sites for hydroxylation is 3. The van der Waals surface area contributed by atoms with Crippen molar-refractivity contribution in [1.82, 2.24) is 9.88 Å². The summed E-state index contributed by atoms with van der Waals surface area (Å²) in [6.07, 6.45) is 3.73. The Kier molecular flexibility index (Phi) is 3.88. The van der Waals surface area contributed by atoms with Crippen LogP contribution in [0.2, 0.25) is 0 Å². The molecular weight excluding hydrogens is 312 g/mol. The summed E-state index contributed by atoms with van der Waals surface area (Å²) in [5.74, 6) is -0.312. The molecule has 0 fully saturated rings. The number of carbonyl (C=O) groups excluding carboxylic acids is 1. The number of hydrogen-bond donors (Lipinski definition) is 1. The number of nitrogens with one attached hydrogen (secondary N) is 1. The lowest BCUT2D eigenvalue weighted by Gasteiger charge is -2.20. The molecule has 4 heteroatoms. The number of rotatable bonds is 3. The molecule has 1 aromatic heterocycles. The number of amides is 1. The van der Waals surface area contributed by atoms with Crippen LogP contribution in [-0.2, 0) is 19.5 Å². The molecule has 0 unspecified atom stereocenters. The fourth-order valence-corrected chi connectivity index (χ4v) is 3.62. The number of nitrogens with zero attached hydrogens (tertiary/aromatic N) is 1. The maximum atomic E-state index is 12.8. The van der Waals surface area contributed by atoms with E-state index in [1.54, 1.807) is 6.20 Å². The molecule has 2 aromatic carbocycles. The summed E-state index contributed by atoms with van der Waals surface area (Å²) in [5, 5.41) is 3.52. The van der Waals surface area contributed by atoms with Crippen molar-refractivity contribution in [2.45, 2.75) is 32.9 Å². The minimum Gasteiger partial charge on any atom is -0.348 e. The summed E-state index contributed by atoms with van der Waals surface area (Å²) in [6.45, 7) is 3.27. The minimum absolute atomic E-state index is 0.184. The fourth-order valence-electron chi connectivity index (χ4n) is 3.62. The lowest BCUT2D eigenvalue weighted by molar-refractivity contribution is 0.0949. The highest BCUT2D eigenvalue weighted by Crippen LogP contribution is 2.23. The van der Waals surface area contributed by atoms with E-state index in [9.17, 15) is 9.59 Å². The fraction of sp³-hybridized carbons (Fsp3) is 0.238. The minimum atomic E-state index is -0.312. The standard InChI is InChI=1S/C21H20N2O2/c1-14-5-2-6-15(11-14)12-22-21(25)18-13-23-10-4-8-16-7-3-9-17(19(16)23)20(18)24/h2-3,5-7,9,11,13H,4,8,10,12H2,1H3,(H,22,25). The third kappa shape index (κ3) is 2.84. The van der Waals surface area contributed by atoms with Crippen LogP contribution in [0, 0.1) is 6.92 Å². The van der Waals surface area contributed by atoms with Crippen molar-refractivity contribution in [1.29, 1.82) is 0 Å². The third-order valence-corrected chi connectivity index (χ3v) is 4.81. The van der Waals surface area contributed by atoms with E-state index in [2.05, 4.69) is 16.0 Å². The van der Waals surface area contributed by atoms with E-state index in [0.29, 0.717) is 11.9 Å². The lowest BCUT2D eigenvalue weighted by Crippen LogP contribution is -2.30. The number of hydrogen-bond acceptors (Lipinski definition) is 2. The van der Waals surface area contributed by atoms with Crippen LogP contribution in [0.25, 0.3) is 10.9 Å². The van der Waals surface area contributed by atoms with Gasteiger partial charge in [0, 0.05) is 24.7 Å². The Hall–Kier alpha value is -2.88. The first-order valence-electron chi connectivity index (χ1n) is 8.62. The molecule has 0 radical (unpaired) electrons. The normalized spacial score (nSPS) is 13.0. The van der Waals surface area contributed by atoms with Crippen LogP contribution in [-0.4, -0.2) is 10.5 Å². The topological polar surface area (TPSA) is 51.1 Å². The van der Waals surface area contributed by atoms with Crippen LogP contribution in [0.15, 0.2) is 53.5 Å². The van der Waals surface area contributed by atoms with Crippen LogP contribution in [0.1, 0.15) is 33.5 Å². The number of carbonyl (C=O) groups is 1. The van der Waals surface area contributed by atoms with Gasteiger partial charge in [0.05, 0.1) is 5.52 Å². The van der Waals surface area contributed by atoms with Crippen LogP contribution in [0.3, 0.4) is 0 Å². The number of aromatic nitrogens is 1. The molecule has 2 heterocycles. The average molecular weight is 332 g/mol. The van der Waals surface area contributed by atoms with Gasteiger partial charge in [0.15, 0.2) is 0 Å². The van der Waals surface area contributed by atoms with Crippen molar-refractivity contribution < 1.29 is 4.79 Å². The SMILES string of the molecule is Cc1cccc(CNC(=O)c2cn3c4c(cccc4c2=O)CCC3)c1. The van der Waals surface area contributed by atoms with Crippen molar-refractivity contribution in [2.75, 3.05) is 0 Å². The monoisotopic (exact) mass is 332 g/mol. The van der Waals surface area contributed by atoms with E-state index in [-0.39, 0.29) is 16.9 Å². The third-order valence-electron chi connectivity index (χ3n) is 4.81. The molecule has 1 aliphatic rings. The largest absolute Gasteiger partial charge is 0.348 e. The van der Waals surface area contributed by atoms with Gasteiger partial charge in [-0.3, -0.25) is 9.59 Å². The summed E-state index contributed by atoms with van der Waals surface area (Å²) >= 11 is 0. The van der Waals surface area contributed by atoms with Gasteiger partial charge in [-0.25, -0.2) is 0 Å². The van der Waals surface area contributed by atoms with Crippen LogP contribution in [0.4, 0.5) is 0 Å². The van der Waals surface area contributed by atoms with Crippen molar-refractivity contribution >= 4 is 16.8 Å². The van der Waals surface area contributed by atoms with Crippen molar-refractivity contribution in [2.24, 2.45) is 0 Å². The Morgan fingerprint density at radius 3 is 2.88 bits per heavy atom. The zero-order valence-corrected chi connectivity index (χ0v) is 14.2. The molecule has 1 aliphatic heterocycles. The van der Waals surface area contributed by atoms with E-state index < -0.39 is 0 Å². The Bertz CT molecular complexity index is 1030. The van der Waals surface area contributed by atoms with Crippen molar-refractivity contribution in [3.05, 3.63) is 81.1 Å². The summed E-state index contributed by atoms with van der Waals surface area (Å²) in [6, 6.07) is 13.8. The van der Waals surface area contributed by atoms with E-state index in [4.69, 9.17) is 0 Å². The van der Waals surface area contributed by atoms with Gasteiger partial charge in [0.2, 0.25) is 5.43 Å². The molecule has 4 nitrogen and oxygen atoms in total. The highest BCUT2D eigenvalue weighted by molar-refractivity contribution is 5.97. The molecule has 1 N–H and O–H groups in total. The van der Waals surface area contributed by atoms with E-state index in [1.807, 2.05) is 43.3 Å². The van der Waals surface area contributed by atoms with Crippen LogP contribution >= 0.6 is 0 Å². The summed E-state index contributed by atoms with van der Waals surface area (Å²) in [7, 11) is 0. The predicted molar refractivity (Wildman–Crippen MR) is 98.9 cm³/mol. The molecule has 4 rings (SSSR count). The second-order valence-corrected chi connectivity index (χ2v) is 6.65. The summed E-state index contributed by atoms with van der Waals surface area (Å²) in [4.78, 5) is 25.4. The Morgan fingerprint density at radius 2 is 2.04 bits per heavy atom. The van der Waals surface area contributed by atoms with Gasteiger partial charge in [0.25, 0.3) is 5.91 Å². The Morgan fingerprint density at radius 1 is 1.20 bits per heavy atom. The van der Waals surface area contributed by atoms with Gasteiger partial charge in [-0.05, 0) is 37.0 Å². The van der Waals surface area contributed by atoms with Gasteiger partial charge in [-0.1, -0.05) is 42.0 Å². The Labute approximate surface area is 146 Å². The van der Waals surface area contributed by atoms with Crippen LogP contribution in [0.5, 0.6) is 0 Å². The molecule has 0 aliphatic carbocycles. The molecule has 25 heavy (non-hydrogen) atoms. The van der Waals surface area contributed by atoms with Crippen molar-refractivity contribution in [3.63, 3.8) is 0 Å². The van der Waals surface area contributed by atoms with Gasteiger partial charge in [-0.15, -0.1) is 0 Å². The van der Waals surface area contributed by atoms with Gasteiger partial charge >= 0.3 is 0 Å². The van der Waals surface area contributed by atoms with Gasteiger partial charge in [-0.2, -0.15) is 0 Å². The molecule has 0 bridgehead atoms. The maximum Gasteiger partial charge on any atom is 0.257 e. The maximum absolute atomic E-state index is 12.8. The zero-order valence-electron chi connectivity index (χ0n) is 14.2. The van der Waals surface area contributed by atoms with Crippen LogP contribution < -0.4 is 10.7 Å². The molecule has 0 saturated carbocycles. The summed E-state index contributed by atoms with van der Waals surface area (Å²) in [5.41, 5.74) is 4.38. The number of para-hydroxylation sites is 1. The number of benzene rings is 2. The number of pyridine rings is 1. The quantitative estimate of drug-likeness (QED) is 0.801. The smallest absolute Gasteiger partial charge is 0.257 e. The molecule has 3 aromatic rings. The van der Waals surface area contributed by atoms with Gasteiger partial charge < -0.3 is 9.88 Å². The zero-order chi connectivity index (χ0) is 17.4. The first-order chi connectivity index (χ1) is 12.1. The molecule has 1 amide bonds. The molecule has 126 valence electrons. The lowest BCUT2D eigenvalue weighted by atomic mass is 9.99. The molecule has 0 saturated heterocycles. The average Bonchev–Trinajstić information content (AvgIpc) is 2.63. The molecule has 0 spiro atoms. The predicted octanol–water partition coefficient (Wildman–Crippen LogP) is 3.19. The molecular formula is C21H20N2O2. The molecule has 0 atom stereocenters. The first kappa shape index (κ1) is 15.6. The highest BCUT2D eigenvalue weighted by Gasteiger charge is 2.19. The summed E-state index contributed by atoms with van der Waals surface area (Å²) < 4.78 is 2.05.